The molecular formula is C14H19N3O4. The lowest BCUT2D eigenvalue weighted by molar-refractivity contribution is -0.384. The van der Waals surface area contributed by atoms with Gasteiger partial charge in [0.1, 0.15) is 0 Å². The van der Waals surface area contributed by atoms with Gasteiger partial charge in [-0.1, -0.05) is 26.0 Å². The summed E-state index contributed by atoms with van der Waals surface area (Å²) in [7, 11) is 0. The second-order valence-corrected chi connectivity index (χ2v) is 5.26. The van der Waals surface area contributed by atoms with Crippen molar-refractivity contribution in [3.8, 4) is 0 Å². The van der Waals surface area contributed by atoms with Gasteiger partial charge in [-0.25, -0.2) is 0 Å². The van der Waals surface area contributed by atoms with Crippen molar-refractivity contribution in [3.63, 3.8) is 0 Å². The summed E-state index contributed by atoms with van der Waals surface area (Å²) >= 11 is 0. The van der Waals surface area contributed by atoms with Crippen molar-refractivity contribution in [2.75, 3.05) is 19.6 Å². The summed E-state index contributed by atoms with van der Waals surface area (Å²) in [5, 5.41) is 10.7. The van der Waals surface area contributed by atoms with Gasteiger partial charge in [-0.15, -0.1) is 0 Å². The average Bonchev–Trinajstić information content (AvgIpc) is 2.37. The van der Waals surface area contributed by atoms with Gasteiger partial charge in [0.05, 0.1) is 18.0 Å². The molecule has 1 aromatic carbocycles. The molecule has 0 aromatic heterocycles. The number of benzene rings is 1. The van der Waals surface area contributed by atoms with Crippen LogP contribution >= 0.6 is 0 Å². The van der Waals surface area contributed by atoms with Crippen molar-refractivity contribution in [2.45, 2.75) is 13.8 Å². The van der Waals surface area contributed by atoms with E-state index in [0.717, 1.165) is 0 Å². The van der Waals surface area contributed by atoms with Crippen LogP contribution in [0.3, 0.4) is 0 Å². The third-order valence-electron chi connectivity index (χ3n) is 2.75. The molecule has 0 spiro atoms. The predicted molar refractivity (Wildman–Crippen MR) is 77.9 cm³/mol. The minimum atomic E-state index is -0.550. The fraction of sp³-hybridized carbons (Fsp3) is 0.429. The number of hydrogen-bond donors (Lipinski definition) is 1. The number of non-ortho nitro benzene ring substituents is 1. The molecule has 0 unspecified atom stereocenters. The molecule has 7 nitrogen and oxygen atoms in total. The number of hydrogen-bond acceptors (Lipinski definition) is 5. The summed E-state index contributed by atoms with van der Waals surface area (Å²) in [5.41, 5.74) is 5.29. The number of nitro benzene ring substituents is 1. The average molecular weight is 293 g/mol. The molecule has 0 aliphatic heterocycles. The van der Waals surface area contributed by atoms with Crippen LogP contribution in [-0.2, 0) is 4.79 Å². The first-order chi connectivity index (χ1) is 9.79. The van der Waals surface area contributed by atoms with Crippen LogP contribution in [0.15, 0.2) is 24.3 Å². The SMILES string of the molecule is CC(C)CN(CC(N)=O)CC(=O)c1cccc([N+](=O)[O-])c1. The highest BCUT2D eigenvalue weighted by Crippen LogP contribution is 2.14. The zero-order valence-electron chi connectivity index (χ0n) is 12.1. The molecule has 0 heterocycles. The summed E-state index contributed by atoms with van der Waals surface area (Å²) in [6.45, 7) is 4.46. The highest BCUT2D eigenvalue weighted by atomic mass is 16.6. The number of primary amides is 1. The standard InChI is InChI=1S/C14H19N3O4/c1-10(2)7-16(9-14(15)19)8-13(18)11-4-3-5-12(6-11)17(20)21/h3-6,10H,7-9H2,1-2H3,(H2,15,19). The summed E-state index contributed by atoms with van der Waals surface area (Å²) in [4.78, 5) is 35.0. The summed E-state index contributed by atoms with van der Waals surface area (Å²) in [6.07, 6.45) is 0. The van der Waals surface area contributed by atoms with Crippen molar-refractivity contribution < 1.29 is 14.5 Å². The van der Waals surface area contributed by atoms with Crippen molar-refractivity contribution in [2.24, 2.45) is 11.7 Å². The first-order valence-electron chi connectivity index (χ1n) is 6.58. The van der Waals surface area contributed by atoms with Gasteiger partial charge in [-0.2, -0.15) is 0 Å². The Labute approximate surface area is 122 Å². The zero-order chi connectivity index (χ0) is 16.0. The van der Waals surface area contributed by atoms with Gasteiger partial charge in [0, 0.05) is 24.2 Å². The highest BCUT2D eigenvalue weighted by Gasteiger charge is 2.17. The van der Waals surface area contributed by atoms with E-state index in [9.17, 15) is 19.7 Å². The zero-order valence-corrected chi connectivity index (χ0v) is 12.1. The van der Waals surface area contributed by atoms with Gasteiger partial charge in [0.25, 0.3) is 5.69 Å². The van der Waals surface area contributed by atoms with E-state index in [1.807, 2.05) is 13.8 Å². The van der Waals surface area contributed by atoms with Crippen molar-refractivity contribution in [1.82, 2.24) is 4.90 Å². The van der Waals surface area contributed by atoms with Crippen molar-refractivity contribution in [1.29, 1.82) is 0 Å². The maximum absolute atomic E-state index is 12.2. The molecule has 21 heavy (non-hydrogen) atoms. The van der Waals surface area contributed by atoms with E-state index in [2.05, 4.69) is 0 Å². The van der Waals surface area contributed by atoms with Crippen molar-refractivity contribution >= 4 is 17.4 Å². The molecule has 0 radical (unpaired) electrons. The fourth-order valence-corrected chi connectivity index (χ4v) is 2.01. The van der Waals surface area contributed by atoms with Crippen LogP contribution in [0.4, 0.5) is 5.69 Å². The number of rotatable bonds is 8. The first kappa shape index (κ1) is 16.8. The molecular weight excluding hydrogens is 274 g/mol. The van der Waals surface area contributed by atoms with Gasteiger partial charge in [-0.05, 0) is 5.92 Å². The molecule has 0 saturated carbocycles. The lowest BCUT2D eigenvalue weighted by Crippen LogP contribution is -2.39. The Hall–Kier alpha value is -2.28. The first-order valence-corrected chi connectivity index (χ1v) is 6.58. The van der Waals surface area contributed by atoms with Crippen molar-refractivity contribution in [3.05, 3.63) is 39.9 Å². The number of nitrogens with two attached hydrogens (primary N) is 1. The topological polar surface area (TPSA) is 107 Å². The number of carbonyl (C=O) groups excluding carboxylic acids is 2. The molecule has 0 aliphatic carbocycles. The molecule has 0 fully saturated rings. The molecule has 2 N–H and O–H groups in total. The van der Waals surface area contributed by atoms with Crippen LogP contribution in [0.5, 0.6) is 0 Å². The quantitative estimate of drug-likeness (QED) is 0.440. The number of nitrogens with zero attached hydrogens (tertiary/aromatic N) is 2. The van der Waals surface area contributed by atoms with E-state index in [1.54, 1.807) is 4.90 Å². The van der Waals surface area contributed by atoms with E-state index in [0.29, 0.717) is 6.54 Å². The Balaban J connectivity index is 2.83. The molecule has 1 aromatic rings. The molecule has 0 atom stereocenters. The minimum Gasteiger partial charge on any atom is -0.369 e. The fourth-order valence-electron chi connectivity index (χ4n) is 2.01. The molecule has 1 amide bonds. The Morgan fingerprint density at radius 2 is 2.00 bits per heavy atom. The number of nitro groups is 1. The Morgan fingerprint density at radius 1 is 1.33 bits per heavy atom. The van der Waals surface area contributed by atoms with Crippen LogP contribution in [0, 0.1) is 16.0 Å². The minimum absolute atomic E-state index is 0.00227. The Bertz CT molecular complexity index is 543. The number of amides is 1. The monoisotopic (exact) mass is 293 g/mol. The third-order valence-corrected chi connectivity index (χ3v) is 2.75. The molecule has 0 saturated heterocycles. The van der Waals surface area contributed by atoms with E-state index in [4.69, 9.17) is 5.73 Å². The smallest absolute Gasteiger partial charge is 0.270 e. The van der Waals surface area contributed by atoms with Gasteiger partial charge in [-0.3, -0.25) is 24.6 Å². The molecule has 114 valence electrons. The summed E-state index contributed by atoms with van der Waals surface area (Å²) in [5.74, 6) is -0.523. The second kappa shape index (κ2) is 7.49. The van der Waals surface area contributed by atoms with E-state index < -0.39 is 10.8 Å². The van der Waals surface area contributed by atoms with E-state index >= 15 is 0 Å². The highest BCUT2D eigenvalue weighted by molar-refractivity contribution is 5.98. The lowest BCUT2D eigenvalue weighted by atomic mass is 10.1. The van der Waals surface area contributed by atoms with Crippen LogP contribution in [0.25, 0.3) is 0 Å². The number of carbonyl (C=O) groups is 2. The number of ketones is 1. The molecule has 1 rings (SSSR count). The van der Waals surface area contributed by atoms with Gasteiger partial charge >= 0.3 is 0 Å². The maximum atomic E-state index is 12.2. The second-order valence-electron chi connectivity index (χ2n) is 5.26. The Kier molecular flexibility index (Phi) is 5.98. The van der Waals surface area contributed by atoms with Crippen LogP contribution in [0.1, 0.15) is 24.2 Å². The van der Waals surface area contributed by atoms with Gasteiger partial charge in [0.15, 0.2) is 5.78 Å². The summed E-state index contributed by atoms with van der Waals surface area (Å²) < 4.78 is 0. The maximum Gasteiger partial charge on any atom is 0.270 e. The van der Waals surface area contributed by atoms with Gasteiger partial charge in [0.2, 0.25) is 5.91 Å². The normalized spacial score (nSPS) is 10.9. The predicted octanol–water partition coefficient (Wildman–Crippen LogP) is 1.22. The molecule has 7 heteroatoms. The number of Topliss-reactive ketones (excluding diaryl/α,β-unsaturated/α-hetero) is 1. The Morgan fingerprint density at radius 3 is 2.52 bits per heavy atom. The van der Waals surface area contributed by atoms with Crippen LogP contribution in [-0.4, -0.2) is 41.1 Å². The van der Waals surface area contributed by atoms with Crippen LogP contribution < -0.4 is 5.73 Å². The third kappa shape index (κ3) is 5.70. The molecule has 0 aliphatic rings. The van der Waals surface area contributed by atoms with E-state index in [1.165, 1.54) is 24.3 Å². The lowest BCUT2D eigenvalue weighted by Gasteiger charge is -2.21. The summed E-state index contributed by atoms with van der Waals surface area (Å²) in [6, 6.07) is 5.55. The molecule has 0 bridgehead atoms. The van der Waals surface area contributed by atoms with Gasteiger partial charge < -0.3 is 5.73 Å². The van der Waals surface area contributed by atoms with E-state index in [-0.39, 0.29) is 36.0 Å². The van der Waals surface area contributed by atoms with Crippen LogP contribution in [0.2, 0.25) is 0 Å². The largest absolute Gasteiger partial charge is 0.369 e.